The van der Waals surface area contributed by atoms with Crippen molar-refractivity contribution in [3.05, 3.63) is 0 Å². The van der Waals surface area contributed by atoms with E-state index in [0.29, 0.717) is 19.6 Å². The van der Waals surface area contributed by atoms with Crippen molar-refractivity contribution < 1.29 is 19.9 Å². The predicted octanol–water partition coefficient (Wildman–Crippen LogP) is 3.03. The normalized spacial score (nSPS) is 11.2. The number of amides is 2. The average molecular weight is 496 g/mol. The fraction of sp³-hybridized carbons (Fsp3) is 0.920. The molecule has 9 nitrogen and oxygen atoms in total. The highest BCUT2D eigenvalue weighted by atomic mass is 16.5. The van der Waals surface area contributed by atoms with E-state index in [4.69, 9.17) is 21.8 Å². The number of hydroxylamine groups is 1. The van der Waals surface area contributed by atoms with Gasteiger partial charge in [-0.2, -0.15) is 0 Å². The van der Waals surface area contributed by atoms with Gasteiger partial charge in [-0.25, -0.2) is 5.48 Å². The van der Waals surface area contributed by atoms with Gasteiger partial charge in [-0.3, -0.25) is 9.59 Å². The van der Waals surface area contributed by atoms with E-state index < -0.39 is 17.4 Å². The first-order chi connectivity index (χ1) is 15.6. The lowest BCUT2D eigenvalue weighted by Gasteiger charge is -2.38. The van der Waals surface area contributed by atoms with Crippen molar-refractivity contribution >= 4 is 11.8 Å². The maximum atomic E-state index is 11.4. The minimum atomic E-state index is -0.675. The zero-order valence-electron chi connectivity index (χ0n) is 24.5. The number of aliphatic hydroxyl groups excluding tert-OH is 1. The van der Waals surface area contributed by atoms with Crippen LogP contribution in [0.15, 0.2) is 0 Å². The number of rotatable bonds is 11. The molecular formula is C25H61N5O4. The quantitative estimate of drug-likeness (QED) is 0.217. The van der Waals surface area contributed by atoms with Gasteiger partial charge in [0.15, 0.2) is 0 Å². The Kier molecular flexibility index (Phi) is 35.3. The van der Waals surface area contributed by atoms with Gasteiger partial charge in [0, 0.05) is 20.6 Å². The second-order valence-electron chi connectivity index (χ2n) is 9.66. The van der Waals surface area contributed by atoms with E-state index in [9.17, 15) is 9.59 Å². The minimum absolute atomic E-state index is 0.102. The fourth-order valence-electron chi connectivity index (χ4n) is 2.85. The van der Waals surface area contributed by atoms with Crippen LogP contribution in [0.4, 0.5) is 0 Å². The largest absolute Gasteiger partial charge is 0.396 e. The van der Waals surface area contributed by atoms with Crippen molar-refractivity contribution in [2.24, 2.45) is 28.2 Å². The molecule has 0 aromatic heterocycles. The van der Waals surface area contributed by atoms with Gasteiger partial charge < -0.3 is 32.4 Å². The van der Waals surface area contributed by atoms with Crippen LogP contribution in [0, 0.1) is 16.7 Å². The summed E-state index contributed by atoms with van der Waals surface area (Å²) < 4.78 is 0. The van der Waals surface area contributed by atoms with Crippen LogP contribution in [-0.2, 0) is 9.59 Å². The highest BCUT2D eigenvalue weighted by Crippen LogP contribution is 2.35. The SMILES string of the molecule is CC.CC(=O)NC(C(N)=O)C(C)(C)CC(C)(C)CN.CCCCO.CNCCC(C)C.CNO. The molecule has 0 aromatic carbocycles. The zero-order valence-corrected chi connectivity index (χ0v) is 24.5. The van der Waals surface area contributed by atoms with E-state index in [0.717, 1.165) is 25.3 Å². The van der Waals surface area contributed by atoms with Gasteiger partial charge in [0.05, 0.1) is 0 Å². The number of carbonyl (C=O) groups is 2. The van der Waals surface area contributed by atoms with E-state index in [1.165, 1.54) is 20.4 Å². The van der Waals surface area contributed by atoms with Crippen LogP contribution in [0.25, 0.3) is 0 Å². The molecule has 34 heavy (non-hydrogen) atoms. The van der Waals surface area contributed by atoms with Gasteiger partial charge in [0.2, 0.25) is 11.8 Å². The first kappa shape index (κ1) is 42.9. The number of nitrogens with one attached hydrogen (secondary N) is 3. The number of hydrogen-bond acceptors (Lipinski definition) is 7. The van der Waals surface area contributed by atoms with Crippen molar-refractivity contribution in [1.29, 1.82) is 0 Å². The lowest BCUT2D eigenvalue weighted by Crippen LogP contribution is -2.54. The van der Waals surface area contributed by atoms with Crippen LogP contribution in [-0.4, -0.2) is 62.0 Å². The summed E-state index contributed by atoms with van der Waals surface area (Å²) in [6.07, 6.45) is 4.03. The molecule has 0 fully saturated rings. The van der Waals surface area contributed by atoms with Gasteiger partial charge >= 0.3 is 0 Å². The molecule has 9 N–H and O–H groups in total. The van der Waals surface area contributed by atoms with Crippen molar-refractivity contribution in [3.8, 4) is 0 Å². The summed E-state index contributed by atoms with van der Waals surface area (Å²) in [5.41, 5.74) is 12.3. The van der Waals surface area contributed by atoms with Crippen molar-refractivity contribution in [1.82, 2.24) is 16.1 Å². The molecule has 0 bridgehead atoms. The molecule has 0 aliphatic heterocycles. The Morgan fingerprint density at radius 1 is 1.06 bits per heavy atom. The molecule has 1 unspecified atom stereocenters. The highest BCUT2D eigenvalue weighted by molar-refractivity contribution is 5.86. The summed E-state index contributed by atoms with van der Waals surface area (Å²) in [7, 11) is 3.42. The molecular weight excluding hydrogens is 434 g/mol. The van der Waals surface area contributed by atoms with Crippen molar-refractivity contribution in [2.45, 2.75) is 101 Å². The predicted molar refractivity (Wildman–Crippen MR) is 146 cm³/mol. The lowest BCUT2D eigenvalue weighted by atomic mass is 9.71. The Hall–Kier alpha value is -1.26. The average Bonchev–Trinajstić information content (AvgIpc) is 2.73. The molecule has 9 heteroatoms. The van der Waals surface area contributed by atoms with Crippen LogP contribution in [0.5, 0.6) is 0 Å². The molecule has 0 spiro atoms. The van der Waals surface area contributed by atoms with Gasteiger partial charge in [0.1, 0.15) is 6.04 Å². The van der Waals surface area contributed by atoms with Gasteiger partial charge in [-0.15, -0.1) is 0 Å². The first-order valence-electron chi connectivity index (χ1n) is 12.4. The molecule has 210 valence electrons. The standard InChI is InChI=1S/C12H25N3O2.C6H15N.C4H10O.C2H6.CH5NO/c1-8(16)15-9(10(14)17)12(4,5)6-11(2,3)7-13;1-6(2)4-5-7-3;1-2-3-4-5;1-2;1-2-3/h9H,6-7,13H2,1-5H3,(H2,14,17)(H,15,16);6-7H,4-5H2,1-3H3;5H,2-4H2,1H3;1-2H3;2-3H,1H3. The molecule has 0 radical (unpaired) electrons. The summed E-state index contributed by atoms with van der Waals surface area (Å²) in [6.45, 7) is 21.8. The van der Waals surface area contributed by atoms with Crippen LogP contribution in [0.2, 0.25) is 0 Å². The number of aliphatic hydroxyl groups is 1. The second kappa shape index (κ2) is 28.0. The van der Waals surface area contributed by atoms with Gasteiger partial charge in [-0.05, 0) is 56.1 Å². The van der Waals surface area contributed by atoms with Crippen LogP contribution < -0.4 is 27.6 Å². The fourth-order valence-corrected chi connectivity index (χ4v) is 2.85. The summed E-state index contributed by atoms with van der Waals surface area (Å²) in [6, 6.07) is -0.675. The van der Waals surface area contributed by atoms with E-state index in [1.54, 1.807) is 5.48 Å². The highest BCUT2D eigenvalue weighted by Gasteiger charge is 2.38. The van der Waals surface area contributed by atoms with Crippen molar-refractivity contribution in [3.63, 3.8) is 0 Å². The first-order valence-corrected chi connectivity index (χ1v) is 12.4. The van der Waals surface area contributed by atoms with Crippen LogP contribution >= 0.6 is 0 Å². The Balaban J connectivity index is -0.000000135. The number of carbonyl (C=O) groups excluding carboxylic acids is 2. The van der Waals surface area contributed by atoms with Gasteiger partial charge in [-0.1, -0.05) is 68.7 Å². The number of primary amides is 1. The molecule has 0 aromatic rings. The summed E-state index contributed by atoms with van der Waals surface area (Å²) in [5, 5.41) is 21.1. The summed E-state index contributed by atoms with van der Waals surface area (Å²) in [5.74, 6) is 0.0675. The second-order valence-corrected chi connectivity index (χ2v) is 9.66. The number of hydrogen-bond donors (Lipinski definition) is 7. The minimum Gasteiger partial charge on any atom is -0.396 e. The molecule has 0 heterocycles. The van der Waals surface area contributed by atoms with E-state index in [-0.39, 0.29) is 11.3 Å². The molecule has 0 aliphatic rings. The topological polar surface area (TPSA) is 163 Å². The maximum Gasteiger partial charge on any atom is 0.240 e. The molecule has 0 saturated carbocycles. The van der Waals surface area contributed by atoms with E-state index >= 15 is 0 Å². The third kappa shape index (κ3) is 35.3. The molecule has 0 rings (SSSR count). The molecule has 1 atom stereocenters. The number of nitrogens with two attached hydrogens (primary N) is 2. The number of unbranched alkanes of at least 4 members (excludes halogenated alkanes) is 1. The zero-order chi connectivity index (χ0) is 28.4. The monoisotopic (exact) mass is 495 g/mol. The van der Waals surface area contributed by atoms with Crippen LogP contribution in [0.3, 0.4) is 0 Å². The molecule has 0 aliphatic carbocycles. The smallest absolute Gasteiger partial charge is 0.240 e. The molecule has 2 amide bonds. The van der Waals surface area contributed by atoms with E-state index in [2.05, 4.69) is 31.4 Å². The maximum absolute atomic E-state index is 11.4. The Morgan fingerprint density at radius 2 is 1.50 bits per heavy atom. The Bertz CT molecular complexity index is 443. The summed E-state index contributed by atoms with van der Waals surface area (Å²) in [4.78, 5) is 22.5. The Morgan fingerprint density at radius 3 is 1.68 bits per heavy atom. The third-order valence-corrected chi connectivity index (χ3v) is 4.38. The lowest BCUT2D eigenvalue weighted by molar-refractivity contribution is -0.129. The summed E-state index contributed by atoms with van der Waals surface area (Å²) >= 11 is 0. The molecule has 0 saturated heterocycles. The third-order valence-electron chi connectivity index (χ3n) is 4.38. The van der Waals surface area contributed by atoms with Crippen molar-refractivity contribution in [2.75, 3.05) is 33.8 Å². The Labute approximate surface area is 211 Å². The van der Waals surface area contributed by atoms with Gasteiger partial charge in [0.25, 0.3) is 0 Å². The van der Waals surface area contributed by atoms with Crippen LogP contribution in [0.1, 0.15) is 94.9 Å². The van der Waals surface area contributed by atoms with E-state index in [1.807, 2.05) is 48.6 Å².